The van der Waals surface area contributed by atoms with Gasteiger partial charge in [-0.2, -0.15) is 0 Å². The van der Waals surface area contributed by atoms with E-state index in [1.807, 2.05) is 9.80 Å². The Hall–Kier alpha value is -1.34. The lowest BCUT2D eigenvalue weighted by molar-refractivity contribution is -0.135. The molecule has 27 heavy (non-hydrogen) atoms. The largest absolute Gasteiger partial charge is 0.441 e. The summed E-state index contributed by atoms with van der Waals surface area (Å²) in [6.45, 7) is 9.64. The van der Waals surface area contributed by atoms with E-state index >= 15 is 0 Å². The summed E-state index contributed by atoms with van der Waals surface area (Å²) in [6, 6.07) is 0.553. The van der Waals surface area contributed by atoms with Crippen LogP contribution in [0.1, 0.15) is 39.5 Å². The number of hydrogen-bond donors (Lipinski definition) is 0. The van der Waals surface area contributed by atoms with E-state index in [2.05, 4.69) is 37.7 Å². The second-order valence-electron chi connectivity index (χ2n) is 9.18. The maximum atomic E-state index is 12.7. The van der Waals surface area contributed by atoms with Gasteiger partial charge in [0.25, 0.3) is 0 Å². The van der Waals surface area contributed by atoms with E-state index in [9.17, 15) is 9.59 Å². The molecule has 0 unspecified atom stereocenters. The van der Waals surface area contributed by atoms with E-state index in [1.165, 1.54) is 0 Å². The van der Waals surface area contributed by atoms with Crippen molar-refractivity contribution in [2.75, 3.05) is 59.9 Å². The van der Waals surface area contributed by atoms with Crippen LogP contribution in [0.5, 0.6) is 0 Å². The molecular formula is C20H36N4O3. The van der Waals surface area contributed by atoms with Gasteiger partial charge in [-0.3, -0.25) is 9.69 Å². The molecule has 1 atom stereocenters. The van der Waals surface area contributed by atoms with Crippen molar-refractivity contribution in [3.63, 3.8) is 0 Å². The van der Waals surface area contributed by atoms with Crippen LogP contribution < -0.4 is 0 Å². The van der Waals surface area contributed by atoms with Gasteiger partial charge in [0.15, 0.2) is 0 Å². The zero-order valence-corrected chi connectivity index (χ0v) is 17.4. The second-order valence-corrected chi connectivity index (χ2v) is 9.18. The third kappa shape index (κ3) is 4.93. The van der Waals surface area contributed by atoms with E-state index in [0.717, 1.165) is 45.3 Å². The molecule has 3 saturated heterocycles. The average molecular weight is 381 g/mol. The summed E-state index contributed by atoms with van der Waals surface area (Å²) in [4.78, 5) is 33.2. The first-order valence-corrected chi connectivity index (χ1v) is 10.4. The fourth-order valence-corrected chi connectivity index (χ4v) is 4.37. The second kappa shape index (κ2) is 8.35. The predicted molar refractivity (Wildman–Crippen MR) is 105 cm³/mol. The highest BCUT2D eigenvalue weighted by Crippen LogP contribution is 2.33. The van der Waals surface area contributed by atoms with E-state index in [0.29, 0.717) is 38.1 Å². The fraction of sp³-hybridized carbons (Fsp3) is 0.900. The van der Waals surface area contributed by atoms with Crippen LogP contribution in [-0.4, -0.2) is 103 Å². The summed E-state index contributed by atoms with van der Waals surface area (Å²) in [5.74, 6) is 0.789. The summed E-state index contributed by atoms with van der Waals surface area (Å²) in [5, 5.41) is 0. The lowest BCUT2D eigenvalue weighted by Crippen LogP contribution is -2.50. The number of rotatable bonds is 6. The fourth-order valence-electron chi connectivity index (χ4n) is 4.37. The quantitative estimate of drug-likeness (QED) is 0.699. The summed E-state index contributed by atoms with van der Waals surface area (Å²) in [5.41, 5.74) is -0.380. The molecule has 3 fully saturated rings. The number of carbonyl (C=O) groups excluding carboxylic acids is 2. The predicted octanol–water partition coefficient (Wildman–Crippen LogP) is 1.48. The van der Waals surface area contributed by atoms with Gasteiger partial charge in [0, 0.05) is 51.6 Å². The van der Waals surface area contributed by atoms with Crippen LogP contribution in [0.4, 0.5) is 4.79 Å². The maximum absolute atomic E-state index is 12.7. The summed E-state index contributed by atoms with van der Waals surface area (Å²) >= 11 is 0. The molecule has 0 N–H and O–H groups in total. The van der Waals surface area contributed by atoms with Crippen LogP contribution in [0, 0.1) is 5.92 Å². The minimum absolute atomic E-state index is 0.178. The van der Waals surface area contributed by atoms with E-state index < -0.39 is 0 Å². The molecule has 0 bridgehead atoms. The Balaban J connectivity index is 1.45. The first-order valence-electron chi connectivity index (χ1n) is 10.4. The highest BCUT2D eigenvalue weighted by atomic mass is 16.6. The number of hydrogen-bond acceptors (Lipinski definition) is 5. The number of likely N-dealkylation sites (N-methyl/N-ethyl adjacent to an activating group) is 1. The lowest BCUT2D eigenvalue weighted by atomic mass is 9.91. The summed E-state index contributed by atoms with van der Waals surface area (Å²) < 4.78 is 5.77. The van der Waals surface area contributed by atoms with Crippen LogP contribution in [0.15, 0.2) is 0 Å². The van der Waals surface area contributed by atoms with Crippen molar-refractivity contribution in [1.29, 1.82) is 0 Å². The molecule has 0 radical (unpaired) electrons. The van der Waals surface area contributed by atoms with Gasteiger partial charge < -0.3 is 19.4 Å². The average Bonchev–Trinajstić information content (AvgIpc) is 3.18. The molecule has 3 aliphatic heterocycles. The lowest BCUT2D eigenvalue weighted by Gasteiger charge is -2.38. The zero-order valence-electron chi connectivity index (χ0n) is 17.4. The smallest absolute Gasteiger partial charge is 0.410 e. The van der Waals surface area contributed by atoms with Gasteiger partial charge in [-0.05, 0) is 32.9 Å². The number of nitrogens with zero attached hydrogens (tertiary/aromatic N) is 4. The number of carbonyl (C=O) groups is 2. The molecule has 0 aromatic rings. The highest BCUT2D eigenvalue weighted by Gasteiger charge is 2.47. The van der Waals surface area contributed by atoms with Crippen molar-refractivity contribution in [2.45, 2.75) is 51.2 Å². The third-order valence-electron chi connectivity index (χ3n) is 6.38. The molecule has 7 heteroatoms. The molecule has 3 rings (SSSR count). The van der Waals surface area contributed by atoms with Gasteiger partial charge in [0.05, 0.1) is 13.1 Å². The first kappa shape index (κ1) is 20.4. The number of ether oxygens (including phenoxy) is 1. The molecule has 154 valence electrons. The Morgan fingerprint density at radius 3 is 2.56 bits per heavy atom. The Morgan fingerprint density at radius 1 is 1.26 bits per heavy atom. The Bertz CT molecular complexity index is 543. The van der Waals surface area contributed by atoms with Gasteiger partial charge >= 0.3 is 6.09 Å². The van der Waals surface area contributed by atoms with E-state index in [-0.39, 0.29) is 17.6 Å². The highest BCUT2D eigenvalue weighted by molar-refractivity contribution is 5.78. The van der Waals surface area contributed by atoms with Crippen molar-refractivity contribution >= 4 is 12.0 Å². The number of piperidine rings is 1. The minimum Gasteiger partial charge on any atom is -0.441 e. The molecule has 2 amide bonds. The topological polar surface area (TPSA) is 56.3 Å². The molecule has 0 aromatic carbocycles. The Labute approximate surface area is 163 Å². The van der Waals surface area contributed by atoms with Crippen LogP contribution in [0.3, 0.4) is 0 Å². The van der Waals surface area contributed by atoms with Crippen molar-refractivity contribution in [3.05, 3.63) is 0 Å². The molecule has 3 aliphatic rings. The van der Waals surface area contributed by atoms with Gasteiger partial charge in [0.1, 0.15) is 5.60 Å². The van der Waals surface area contributed by atoms with Crippen molar-refractivity contribution in [3.8, 4) is 0 Å². The number of amides is 2. The zero-order chi connectivity index (χ0) is 19.6. The Kier molecular flexibility index (Phi) is 6.31. The van der Waals surface area contributed by atoms with E-state index in [4.69, 9.17) is 4.74 Å². The van der Waals surface area contributed by atoms with Gasteiger partial charge in [-0.25, -0.2) is 4.79 Å². The third-order valence-corrected chi connectivity index (χ3v) is 6.38. The molecule has 7 nitrogen and oxygen atoms in total. The molecular weight excluding hydrogens is 344 g/mol. The van der Waals surface area contributed by atoms with Crippen LogP contribution >= 0.6 is 0 Å². The SMILES string of the molecule is CC(C)CCN1CC2(CCN(C(=O)CN3CC[C@H](N(C)C)C3)CC2)OC1=O. The molecule has 1 spiro atoms. The maximum Gasteiger partial charge on any atom is 0.410 e. The van der Waals surface area contributed by atoms with Crippen molar-refractivity contribution in [1.82, 2.24) is 19.6 Å². The van der Waals surface area contributed by atoms with Crippen LogP contribution in [-0.2, 0) is 9.53 Å². The molecule has 0 aliphatic carbocycles. The number of likely N-dealkylation sites (tertiary alicyclic amines) is 2. The van der Waals surface area contributed by atoms with Crippen LogP contribution in [0.25, 0.3) is 0 Å². The monoisotopic (exact) mass is 380 g/mol. The van der Waals surface area contributed by atoms with Crippen LogP contribution in [0.2, 0.25) is 0 Å². The molecule has 3 heterocycles. The summed E-state index contributed by atoms with van der Waals surface area (Å²) in [6.07, 6.45) is 3.46. The van der Waals surface area contributed by atoms with Crippen molar-refractivity contribution in [2.24, 2.45) is 5.92 Å². The minimum atomic E-state index is -0.380. The van der Waals surface area contributed by atoms with Gasteiger partial charge in [0.2, 0.25) is 5.91 Å². The Morgan fingerprint density at radius 2 is 1.96 bits per heavy atom. The molecule has 0 aromatic heterocycles. The van der Waals surface area contributed by atoms with Crippen molar-refractivity contribution < 1.29 is 14.3 Å². The first-order chi connectivity index (χ1) is 12.8. The van der Waals surface area contributed by atoms with Gasteiger partial charge in [-0.1, -0.05) is 13.8 Å². The van der Waals surface area contributed by atoms with Gasteiger partial charge in [-0.15, -0.1) is 0 Å². The van der Waals surface area contributed by atoms with E-state index in [1.54, 1.807) is 0 Å². The summed E-state index contributed by atoms with van der Waals surface area (Å²) in [7, 11) is 4.21. The molecule has 0 saturated carbocycles. The standard InChI is InChI=1S/C20H36N4O3/c1-16(2)5-10-24-15-20(27-19(24)26)7-11-23(12-8-20)18(25)14-22-9-6-17(13-22)21(3)4/h16-17H,5-15H2,1-4H3/t17-/m0/s1. The normalized spacial score (nSPS) is 25.9.